The minimum Gasteiger partial charge on any atom is -0.388 e. The van der Waals surface area contributed by atoms with Gasteiger partial charge in [-0.1, -0.05) is 6.07 Å². The Morgan fingerprint density at radius 3 is 2.81 bits per heavy atom. The van der Waals surface area contributed by atoms with Crippen molar-refractivity contribution in [1.82, 2.24) is 10.6 Å². The van der Waals surface area contributed by atoms with E-state index in [2.05, 4.69) is 10.6 Å². The van der Waals surface area contributed by atoms with Gasteiger partial charge in [0.05, 0.1) is 10.5 Å². The Balaban J connectivity index is 2.39. The van der Waals surface area contributed by atoms with Crippen LogP contribution in [0.2, 0.25) is 0 Å². The Morgan fingerprint density at radius 1 is 1.52 bits per heavy atom. The molecule has 2 unspecified atom stereocenters. The fraction of sp³-hybridized carbons (Fsp3) is 0.571. The lowest BCUT2D eigenvalue weighted by Gasteiger charge is -2.24. The minimum atomic E-state index is -1.04. The molecule has 0 aliphatic rings. The van der Waals surface area contributed by atoms with Gasteiger partial charge >= 0.3 is 0 Å². The van der Waals surface area contributed by atoms with Crippen LogP contribution in [0.3, 0.4) is 0 Å². The number of carbonyl (C=O) groups excluding carboxylic acids is 2. The van der Waals surface area contributed by atoms with E-state index in [4.69, 9.17) is 4.74 Å². The van der Waals surface area contributed by atoms with Gasteiger partial charge in [-0.05, 0) is 25.3 Å². The highest BCUT2D eigenvalue weighted by molar-refractivity contribution is 7.12. The first-order valence-electron chi connectivity index (χ1n) is 6.69. The summed E-state index contributed by atoms with van der Waals surface area (Å²) >= 11 is 1.31. The Hall–Kier alpha value is -1.44. The van der Waals surface area contributed by atoms with Gasteiger partial charge in [0.25, 0.3) is 5.91 Å². The molecule has 1 rings (SSSR count). The second-order valence-electron chi connectivity index (χ2n) is 5.13. The lowest BCUT2D eigenvalue weighted by atomic mass is 10.0. The van der Waals surface area contributed by atoms with E-state index in [0.29, 0.717) is 17.9 Å². The summed E-state index contributed by atoms with van der Waals surface area (Å²) in [5.41, 5.74) is -1.04. The minimum absolute atomic E-state index is 0.106. The van der Waals surface area contributed by atoms with Crippen molar-refractivity contribution in [3.63, 3.8) is 0 Å². The van der Waals surface area contributed by atoms with E-state index in [1.54, 1.807) is 38.5 Å². The van der Waals surface area contributed by atoms with Crippen LogP contribution < -0.4 is 10.6 Å². The average Bonchev–Trinajstić information content (AvgIpc) is 2.96. The average molecular weight is 314 g/mol. The Labute approximate surface area is 128 Å². The van der Waals surface area contributed by atoms with Crippen LogP contribution >= 0.6 is 11.3 Å². The summed E-state index contributed by atoms with van der Waals surface area (Å²) in [5.74, 6) is -0.614. The molecular weight excluding hydrogens is 292 g/mol. The number of ether oxygens (including phenoxy) is 1. The second-order valence-corrected chi connectivity index (χ2v) is 6.08. The molecule has 0 bridgehead atoms. The van der Waals surface area contributed by atoms with Crippen molar-refractivity contribution in [2.24, 2.45) is 0 Å². The van der Waals surface area contributed by atoms with Crippen LogP contribution in [0, 0.1) is 0 Å². The van der Waals surface area contributed by atoms with Crippen molar-refractivity contribution < 1.29 is 19.4 Å². The molecule has 0 aliphatic carbocycles. The fourth-order valence-corrected chi connectivity index (χ4v) is 2.21. The molecule has 6 nitrogen and oxygen atoms in total. The summed E-state index contributed by atoms with van der Waals surface area (Å²) in [6.45, 7) is 3.74. The van der Waals surface area contributed by atoms with Crippen LogP contribution in [0.5, 0.6) is 0 Å². The van der Waals surface area contributed by atoms with Crippen molar-refractivity contribution in [1.29, 1.82) is 0 Å². The van der Waals surface area contributed by atoms with Crippen LogP contribution in [0.25, 0.3) is 0 Å². The zero-order chi connectivity index (χ0) is 15.9. The number of hydrogen-bond donors (Lipinski definition) is 3. The third kappa shape index (κ3) is 6.24. The van der Waals surface area contributed by atoms with E-state index >= 15 is 0 Å². The summed E-state index contributed by atoms with van der Waals surface area (Å²) in [4.78, 5) is 24.3. The predicted molar refractivity (Wildman–Crippen MR) is 81.4 cm³/mol. The highest BCUT2D eigenvalue weighted by atomic mass is 32.1. The highest BCUT2D eigenvalue weighted by Crippen LogP contribution is 2.09. The van der Waals surface area contributed by atoms with Gasteiger partial charge in [-0.15, -0.1) is 11.3 Å². The van der Waals surface area contributed by atoms with Crippen molar-refractivity contribution >= 4 is 23.2 Å². The number of thiophene rings is 1. The van der Waals surface area contributed by atoms with Gasteiger partial charge in [0.2, 0.25) is 5.91 Å². The van der Waals surface area contributed by atoms with Crippen molar-refractivity contribution in [2.75, 3.05) is 20.3 Å². The van der Waals surface area contributed by atoms with Crippen LogP contribution in [0.1, 0.15) is 29.9 Å². The fourth-order valence-electron chi connectivity index (χ4n) is 1.58. The van der Waals surface area contributed by atoms with E-state index in [1.807, 2.05) is 0 Å². The van der Waals surface area contributed by atoms with Gasteiger partial charge in [-0.2, -0.15) is 0 Å². The first kappa shape index (κ1) is 17.6. The molecule has 21 heavy (non-hydrogen) atoms. The van der Waals surface area contributed by atoms with Gasteiger partial charge < -0.3 is 20.5 Å². The first-order chi connectivity index (χ1) is 9.85. The molecule has 2 atom stereocenters. The Bertz CT molecular complexity index is 460. The van der Waals surface area contributed by atoms with Crippen LogP contribution in [0.4, 0.5) is 0 Å². The largest absolute Gasteiger partial charge is 0.388 e. The summed E-state index contributed by atoms with van der Waals surface area (Å²) < 4.78 is 4.90. The maximum absolute atomic E-state index is 11.9. The first-order valence-corrected chi connectivity index (χ1v) is 7.57. The van der Waals surface area contributed by atoms with E-state index < -0.39 is 11.6 Å². The van der Waals surface area contributed by atoms with Gasteiger partial charge in [0, 0.05) is 26.7 Å². The Kier molecular flexibility index (Phi) is 6.80. The lowest BCUT2D eigenvalue weighted by molar-refractivity contribution is -0.123. The zero-order valence-corrected chi connectivity index (χ0v) is 13.3. The number of carbonyl (C=O) groups is 2. The molecule has 7 heteroatoms. The quantitative estimate of drug-likeness (QED) is 0.661. The van der Waals surface area contributed by atoms with E-state index in [-0.39, 0.29) is 18.4 Å². The maximum atomic E-state index is 11.9. The molecule has 0 aliphatic heterocycles. The summed E-state index contributed by atoms with van der Waals surface area (Å²) in [5, 5.41) is 17.1. The van der Waals surface area contributed by atoms with Gasteiger partial charge in [0.15, 0.2) is 0 Å². The normalized spacial score (nSPS) is 15.0. The molecule has 0 aromatic carbocycles. The molecule has 1 aromatic rings. The van der Waals surface area contributed by atoms with Crippen LogP contribution in [0.15, 0.2) is 17.5 Å². The Morgan fingerprint density at radius 2 is 2.24 bits per heavy atom. The molecule has 1 aromatic heterocycles. The molecule has 2 amide bonds. The SMILES string of the molecule is COCCC(C)(O)CNC(=O)C(C)NC(=O)c1cccs1. The number of hydrogen-bond acceptors (Lipinski definition) is 5. The summed E-state index contributed by atoms with van der Waals surface area (Å²) in [6.07, 6.45) is 0.416. The molecule has 0 fully saturated rings. The number of rotatable bonds is 8. The van der Waals surface area contributed by atoms with Gasteiger partial charge in [-0.25, -0.2) is 0 Å². The van der Waals surface area contributed by atoms with E-state index in [1.165, 1.54) is 11.3 Å². The number of nitrogens with one attached hydrogen (secondary N) is 2. The molecule has 3 N–H and O–H groups in total. The van der Waals surface area contributed by atoms with Crippen molar-refractivity contribution in [3.05, 3.63) is 22.4 Å². The smallest absolute Gasteiger partial charge is 0.261 e. The molecule has 0 spiro atoms. The maximum Gasteiger partial charge on any atom is 0.261 e. The summed E-state index contributed by atoms with van der Waals surface area (Å²) in [6, 6.07) is 2.80. The molecule has 1 heterocycles. The second kappa shape index (κ2) is 8.11. The van der Waals surface area contributed by atoms with Crippen molar-refractivity contribution in [3.8, 4) is 0 Å². The summed E-state index contributed by atoms with van der Waals surface area (Å²) in [7, 11) is 1.55. The molecule has 0 saturated carbocycles. The van der Waals surface area contributed by atoms with Crippen LogP contribution in [-0.4, -0.2) is 48.8 Å². The monoisotopic (exact) mass is 314 g/mol. The standard InChI is InChI=1S/C14H22N2O4S/c1-10(16-13(18)11-5-4-8-21-11)12(17)15-9-14(2,19)6-7-20-3/h4-5,8,10,19H,6-7,9H2,1-3H3,(H,15,17)(H,16,18). The number of methoxy groups -OCH3 is 1. The third-order valence-electron chi connectivity index (χ3n) is 2.97. The van der Waals surface area contributed by atoms with E-state index in [0.717, 1.165) is 0 Å². The number of aliphatic hydroxyl groups is 1. The van der Waals surface area contributed by atoms with Crippen LogP contribution in [-0.2, 0) is 9.53 Å². The topological polar surface area (TPSA) is 87.7 Å². The van der Waals surface area contributed by atoms with E-state index in [9.17, 15) is 14.7 Å². The lowest BCUT2D eigenvalue weighted by Crippen LogP contribution is -2.49. The van der Waals surface area contributed by atoms with Gasteiger partial charge in [-0.3, -0.25) is 9.59 Å². The van der Waals surface area contributed by atoms with Gasteiger partial charge in [0.1, 0.15) is 6.04 Å². The molecule has 0 saturated heterocycles. The third-order valence-corrected chi connectivity index (χ3v) is 3.84. The molecular formula is C14H22N2O4S. The zero-order valence-electron chi connectivity index (χ0n) is 12.5. The van der Waals surface area contributed by atoms with Crippen molar-refractivity contribution in [2.45, 2.75) is 31.9 Å². The highest BCUT2D eigenvalue weighted by Gasteiger charge is 2.23. The molecule has 0 radical (unpaired) electrons. The predicted octanol–water partition coefficient (Wildman–Crippen LogP) is 0.770. The molecule has 118 valence electrons. The number of amides is 2.